The first-order valence-electron chi connectivity index (χ1n) is 8.09. The standard InChI is InChI=1S/C16H27N3O/c1-3-13-9-14(19(4-2)18-13)10-16(11-17)7-8-20-15(16)12-5-6-12/h9,12,15H,3-8,10-11,17H2,1-2H3. The van der Waals surface area contributed by atoms with Gasteiger partial charge in [-0.1, -0.05) is 6.92 Å². The van der Waals surface area contributed by atoms with E-state index in [-0.39, 0.29) is 5.41 Å². The lowest BCUT2D eigenvalue weighted by molar-refractivity contribution is 0.0336. The molecule has 2 aliphatic rings. The van der Waals surface area contributed by atoms with E-state index in [1.165, 1.54) is 24.2 Å². The van der Waals surface area contributed by atoms with Crippen molar-refractivity contribution in [1.82, 2.24) is 9.78 Å². The topological polar surface area (TPSA) is 53.1 Å². The van der Waals surface area contributed by atoms with Gasteiger partial charge in [0.25, 0.3) is 0 Å². The Morgan fingerprint density at radius 2 is 2.25 bits per heavy atom. The van der Waals surface area contributed by atoms with E-state index in [1.54, 1.807) is 0 Å². The van der Waals surface area contributed by atoms with Gasteiger partial charge in [-0.3, -0.25) is 4.68 Å². The lowest BCUT2D eigenvalue weighted by atomic mass is 9.75. The number of ether oxygens (including phenoxy) is 1. The van der Waals surface area contributed by atoms with Gasteiger partial charge in [0.15, 0.2) is 0 Å². The monoisotopic (exact) mass is 277 g/mol. The summed E-state index contributed by atoms with van der Waals surface area (Å²) in [6.07, 6.45) is 6.13. The van der Waals surface area contributed by atoms with E-state index in [9.17, 15) is 0 Å². The number of hydrogen-bond acceptors (Lipinski definition) is 3. The van der Waals surface area contributed by atoms with Crippen molar-refractivity contribution in [2.24, 2.45) is 17.1 Å². The van der Waals surface area contributed by atoms with Crippen LogP contribution in [0.5, 0.6) is 0 Å². The van der Waals surface area contributed by atoms with Crippen LogP contribution in [0.3, 0.4) is 0 Å². The maximum atomic E-state index is 6.19. The summed E-state index contributed by atoms with van der Waals surface area (Å²) in [5.41, 5.74) is 8.86. The van der Waals surface area contributed by atoms with Gasteiger partial charge in [-0.15, -0.1) is 0 Å². The maximum absolute atomic E-state index is 6.19. The van der Waals surface area contributed by atoms with Crippen LogP contribution in [0.4, 0.5) is 0 Å². The Morgan fingerprint density at radius 1 is 1.45 bits per heavy atom. The molecule has 112 valence electrons. The van der Waals surface area contributed by atoms with Crippen molar-refractivity contribution < 1.29 is 4.74 Å². The second kappa shape index (κ2) is 5.49. The van der Waals surface area contributed by atoms with E-state index < -0.39 is 0 Å². The number of nitrogens with zero attached hydrogens (tertiary/aromatic N) is 2. The number of rotatable bonds is 6. The van der Waals surface area contributed by atoms with Gasteiger partial charge in [0.2, 0.25) is 0 Å². The molecule has 0 aromatic carbocycles. The zero-order chi connectivity index (χ0) is 14.2. The van der Waals surface area contributed by atoms with Gasteiger partial charge in [-0.05, 0) is 51.0 Å². The molecule has 1 aliphatic carbocycles. The molecule has 0 spiro atoms. The predicted molar refractivity (Wildman–Crippen MR) is 79.6 cm³/mol. The minimum atomic E-state index is 0.138. The molecule has 3 rings (SSSR count). The Labute approximate surface area is 121 Å². The molecule has 2 fully saturated rings. The van der Waals surface area contributed by atoms with E-state index in [0.717, 1.165) is 44.9 Å². The van der Waals surface area contributed by atoms with Crippen molar-refractivity contribution >= 4 is 0 Å². The first kappa shape index (κ1) is 14.1. The van der Waals surface area contributed by atoms with Gasteiger partial charge < -0.3 is 10.5 Å². The Bertz CT molecular complexity index is 466. The summed E-state index contributed by atoms with van der Waals surface area (Å²) in [5.74, 6) is 0.754. The van der Waals surface area contributed by atoms with Crippen molar-refractivity contribution in [2.45, 2.75) is 58.6 Å². The van der Waals surface area contributed by atoms with Gasteiger partial charge in [-0.25, -0.2) is 0 Å². The normalized spacial score (nSPS) is 30.1. The molecular formula is C16H27N3O. The van der Waals surface area contributed by atoms with Crippen LogP contribution in [0.25, 0.3) is 0 Å². The summed E-state index contributed by atoms with van der Waals surface area (Å²) in [6.45, 7) is 6.86. The fourth-order valence-electron chi connectivity index (χ4n) is 3.69. The summed E-state index contributed by atoms with van der Waals surface area (Å²) < 4.78 is 8.20. The summed E-state index contributed by atoms with van der Waals surface area (Å²) in [7, 11) is 0. The summed E-state index contributed by atoms with van der Waals surface area (Å²) in [5, 5.41) is 4.68. The highest BCUT2D eigenvalue weighted by Crippen LogP contribution is 2.48. The first-order chi connectivity index (χ1) is 9.72. The van der Waals surface area contributed by atoms with Crippen LogP contribution in [0.2, 0.25) is 0 Å². The smallest absolute Gasteiger partial charge is 0.0676 e. The fourth-order valence-corrected chi connectivity index (χ4v) is 3.69. The Morgan fingerprint density at radius 3 is 2.85 bits per heavy atom. The summed E-state index contributed by atoms with van der Waals surface area (Å²) in [6, 6.07) is 2.27. The second-order valence-corrected chi connectivity index (χ2v) is 6.42. The molecule has 0 amide bonds. The van der Waals surface area contributed by atoms with Crippen LogP contribution in [-0.2, 0) is 24.1 Å². The lowest BCUT2D eigenvalue weighted by Gasteiger charge is -2.33. The average Bonchev–Trinajstić information content (AvgIpc) is 3.11. The van der Waals surface area contributed by atoms with E-state index in [1.807, 2.05) is 0 Å². The third kappa shape index (κ3) is 2.40. The second-order valence-electron chi connectivity index (χ2n) is 6.42. The molecular weight excluding hydrogens is 250 g/mol. The van der Waals surface area contributed by atoms with Crippen LogP contribution in [-0.4, -0.2) is 29.0 Å². The van der Waals surface area contributed by atoms with Gasteiger partial charge in [-0.2, -0.15) is 5.10 Å². The van der Waals surface area contributed by atoms with Gasteiger partial charge >= 0.3 is 0 Å². The third-order valence-electron chi connectivity index (χ3n) is 5.07. The van der Waals surface area contributed by atoms with E-state index >= 15 is 0 Å². The van der Waals surface area contributed by atoms with Crippen molar-refractivity contribution in [1.29, 1.82) is 0 Å². The number of aryl methyl sites for hydroxylation is 2. The molecule has 2 N–H and O–H groups in total. The molecule has 1 saturated carbocycles. The molecule has 2 heterocycles. The van der Waals surface area contributed by atoms with Crippen molar-refractivity contribution in [3.8, 4) is 0 Å². The van der Waals surface area contributed by atoms with Crippen LogP contribution in [0, 0.1) is 11.3 Å². The molecule has 0 radical (unpaired) electrons. The van der Waals surface area contributed by atoms with Crippen LogP contribution >= 0.6 is 0 Å². The van der Waals surface area contributed by atoms with Crippen molar-refractivity contribution in [3.05, 3.63) is 17.5 Å². The Kier molecular flexibility index (Phi) is 3.87. The number of hydrogen-bond donors (Lipinski definition) is 1. The lowest BCUT2D eigenvalue weighted by Crippen LogP contribution is -2.42. The molecule has 1 saturated heterocycles. The fraction of sp³-hybridized carbons (Fsp3) is 0.812. The molecule has 20 heavy (non-hydrogen) atoms. The van der Waals surface area contributed by atoms with E-state index in [4.69, 9.17) is 10.5 Å². The SMILES string of the molecule is CCc1cc(CC2(CN)CCOC2C2CC2)n(CC)n1. The van der Waals surface area contributed by atoms with Crippen LogP contribution in [0.1, 0.15) is 44.5 Å². The number of nitrogens with two attached hydrogens (primary N) is 1. The minimum Gasteiger partial charge on any atom is -0.377 e. The maximum Gasteiger partial charge on any atom is 0.0676 e. The van der Waals surface area contributed by atoms with E-state index in [2.05, 4.69) is 29.7 Å². The quantitative estimate of drug-likeness (QED) is 0.867. The largest absolute Gasteiger partial charge is 0.377 e. The van der Waals surface area contributed by atoms with Crippen molar-refractivity contribution in [2.75, 3.05) is 13.2 Å². The van der Waals surface area contributed by atoms with Gasteiger partial charge in [0.05, 0.1) is 11.8 Å². The zero-order valence-corrected chi connectivity index (χ0v) is 12.8. The molecule has 4 heteroatoms. The predicted octanol–water partition coefficient (Wildman–Crippen LogP) is 2.15. The van der Waals surface area contributed by atoms with E-state index in [0.29, 0.717) is 6.10 Å². The molecule has 1 aromatic rings. The Hall–Kier alpha value is -0.870. The zero-order valence-electron chi connectivity index (χ0n) is 12.8. The van der Waals surface area contributed by atoms with Crippen molar-refractivity contribution in [3.63, 3.8) is 0 Å². The molecule has 1 aromatic heterocycles. The molecule has 0 bridgehead atoms. The van der Waals surface area contributed by atoms with Crippen LogP contribution < -0.4 is 5.73 Å². The highest BCUT2D eigenvalue weighted by molar-refractivity contribution is 5.15. The molecule has 2 unspecified atom stereocenters. The minimum absolute atomic E-state index is 0.138. The molecule has 4 nitrogen and oxygen atoms in total. The van der Waals surface area contributed by atoms with Gasteiger partial charge in [0.1, 0.15) is 0 Å². The van der Waals surface area contributed by atoms with Gasteiger partial charge in [0, 0.05) is 30.8 Å². The molecule has 2 atom stereocenters. The first-order valence-corrected chi connectivity index (χ1v) is 8.09. The summed E-state index contributed by atoms with van der Waals surface area (Å²) >= 11 is 0. The Balaban J connectivity index is 1.85. The number of aromatic nitrogens is 2. The highest BCUT2D eigenvalue weighted by Gasteiger charge is 2.50. The molecule has 1 aliphatic heterocycles. The third-order valence-corrected chi connectivity index (χ3v) is 5.07. The average molecular weight is 277 g/mol. The highest BCUT2D eigenvalue weighted by atomic mass is 16.5. The summed E-state index contributed by atoms with van der Waals surface area (Å²) in [4.78, 5) is 0. The van der Waals surface area contributed by atoms with Crippen LogP contribution in [0.15, 0.2) is 6.07 Å².